The Morgan fingerprint density at radius 3 is 2.30 bits per heavy atom. The Kier molecular flexibility index (Phi) is 4.29. The fraction of sp³-hybridized carbons (Fsp3) is 0.0556. The van der Waals surface area contributed by atoms with Crippen molar-refractivity contribution in [1.82, 2.24) is 4.98 Å². The summed E-state index contributed by atoms with van der Waals surface area (Å²) in [6.07, 6.45) is 1.37. The molecule has 0 unspecified atom stereocenters. The molecule has 0 aliphatic heterocycles. The molecule has 23 heavy (non-hydrogen) atoms. The number of pyridine rings is 1. The molecule has 0 saturated carbocycles. The van der Waals surface area contributed by atoms with Crippen LogP contribution in [0.4, 0.5) is 5.82 Å². The second-order valence-corrected chi connectivity index (χ2v) is 4.93. The molecule has 3 rings (SSSR count). The number of nitrogens with zero attached hydrogens (tertiary/aromatic N) is 2. The minimum Gasteiger partial charge on any atom is -0.481 e. The lowest BCUT2D eigenvalue weighted by Crippen LogP contribution is -2.00. The molecule has 0 bridgehead atoms. The van der Waals surface area contributed by atoms with E-state index in [4.69, 9.17) is 4.74 Å². The molecule has 0 amide bonds. The van der Waals surface area contributed by atoms with Crippen molar-refractivity contribution >= 4 is 5.82 Å². The summed E-state index contributed by atoms with van der Waals surface area (Å²) in [6.45, 7) is 0.252. The molecular formula is C18H14N2O3. The van der Waals surface area contributed by atoms with Crippen molar-refractivity contribution in [3.05, 3.63) is 88.6 Å². The Morgan fingerprint density at radius 2 is 1.61 bits per heavy atom. The molecule has 0 spiro atoms. The molecule has 0 N–H and O–H groups in total. The topological polar surface area (TPSA) is 65.3 Å². The van der Waals surface area contributed by atoms with Gasteiger partial charge in [-0.2, -0.15) is 0 Å². The standard InChI is InChI=1S/C18H14N2O3/c21-20(22)18-17(7-4-12-19-18)23-13-14-8-10-16(11-9-14)15-5-2-1-3-6-15/h1-12H,13H2. The Balaban J connectivity index is 1.71. The van der Waals surface area contributed by atoms with Gasteiger partial charge in [0.15, 0.2) is 0 Å². The van der Waals surface area contributed by atoms with Crippen molar-refractivity contribution in [1.29, 1.82) is 0 Å². The average Bonchev–Trinajstić information content (AvgIpc) is 2.61. The summed E-state index contributed by atoms with van der Waals surface area (Å²) in [7, 11) is 0. The smallest absolute Gasteiger partial charge is 0.406 e. The first-order valence-electron chi connectivity index (χ1n) is 7.10. The van der Waals surface area contributed by atoms with Crippen LogP contribution in [0.15, 0.2) is 72.9 Å². The normalized spacial score (nSPS) is 10.3. The van der Waals surface area contributed by atoms with Gasteiger partial charge in [0, 0.05) is 0 Å². The first-order chi connectivity index (χ1) is 11.2. The van der Waals surface area contributed by atoms with Crippen LogP contribution in [0.3, 0.4) is 0 Å². The first kappa shape index (κ1) is 14.7. The molecule has 1 heterocycles. The van der Waals surface area contributed by atoms with Gasteiger partial charge in [0.25, 0.3) is 0 Å². The monoisotopic (exact) mass is 306 g/mol. The van der Waals surface area contributed by atoms with E-state index in [1.54, 1.807) is 12.1 Å². The molecule has 114 valence electrons. The van der Waals surface area contributed by atoms with E-state index in [-0.39, 0.29) is 18.2 Å². The van der Waals surface area contributed by atoms with Crippen molar-refractivity contribution in [2.75, 3.05) is 0 Å². The predicted octanol–water partition coefficient (Wildman–Crippen LogP) is 4.24. The fourth-order valence-corrected chi connectivity index (χ4v) is 2.22. The fourth-order valence-electron chi connectivity index (χ4n) is 2.22. The maximum atomic E-state index is 10.9. The highest BCUT2D eigenvalue weighted by Crippen LogP contribution is 2.24. The Morgan fingerprint density at radius 1 is 0.913 bits per heavy atom. The van der Waals surface area contributed by atoms with Gasteiger partial charge < -0.3 is 14.9 Å². The van der Waals surface area contributed by atoms with E-state index in [1.165, 1.54) is 6.20 Å². The van der Waals surface area contributed by atoms with Gasteiger partial charge in [0.05, 0.1) is 0 Å². The summed E-state index contributed by atoms with van der Waals surface area (Å²) in [5.41, 5.74) is 3.19. The predicted molar refractivity (Wildman–Crippen MR) is 87.1 cm³/mol. The zero-order valence-corrected chi connectivity index (χ0v) is 12.3. The van der Waals surface area contributed by atoms with Crippen molar-refractivity contribution in [3.63, 3.8) is 0 Å². The van der Waals surface area contributed by atoms with Gasteiger partial charge in [-0.3, -0.25) is 0 Å². The highest BCUT2D eigenvalue weighted by Gasteiger charge is 2.15. The lowest BCUT2D eigenvalue weighted by Gasteiger charge is -2.07. The minimum absolute atomic E-state index is 0.171. The maximum Gasteiger partial charge on any atom is 0.406 e. The number of rotatable bonds is 5. The molecule has 0 saturated heterocycles. The quantitative estimate of drug-likeness (QED) is 0.522. The van der Waals surface area contributed by atoms with Crippen LogP contribution in [-0.2, 0) is 6.61 Å². The third kappa shape index (κ3) is 3.52. The molecule has 5 heteroatoms. The van der Waals surface area contributed by atoms with E-state index >= 15 is 0 Å². The third-order valence-electron chi connectivity index (χ3n) is 3.38. The van der Waals surface area contributed by atoms with E-state index in [2.05, 4.69) is 4.98 Å². The summed E-state index contributed by atoms with van der Waals surface area (Å²) in [6, 6.07) is 21.1. The van der Waals surface area contributed by atoms with Gasteiger partial charge in [-0.05, 0) is 38.7 Å². The largest absolute Gasteiger partial charge is 0.481 e. The van der Waals surface area contributed by atoms with E-state index in [0.29, 0.717) is 0 Å². The highest BCUT2D eigenvalue weighted by atomic mass is 16.6. The van der Waals surface area contributed by atoms with Gasteiger partial charge in [0.2, 0.25) is 5.75 Å². The molecule has 0 fully saturated rings. The number of ether oxygens (including phenoxy) is 1. The second kappa shape index (κ2) is 6.70. The van der Waals surface area contributed by atoms with E-state index in [1.807, 2.05) is 54.6 Å². The lowest BCUT2D eigenvalue weighted by atomic mass is 10.0. The van der Waals surface area contributed by atoms with Crippen LogP contribution in [0.25, 0.3) is 11.1 Å². The summed E-state index contributed by atoms with van der Waals surface area (Å²) in [5, 5.41) is 10.9. The highest BCUT2D eigenvalue weighted by molar-refractivity contribution is 5.63. The molecule has 0 radical (unpaired) electrons. The van der Waals surface area contributed by atoms with Crippen molar-refractivity contribution < 1.29 is 9.66 Å². The number of hydrogen-bond acceptors (Lipinski definition) is 4. The maximum absolute atomic E-state index is 10.9. The second-order valence-electron chi connectivity index (χ2n) is 4.93. The van der Waals surface area contributed by atoms with Gasteiger partial charge >= 0.3 is 5.82 Å². The van der Waals surface area contributed by atoms with E-state index in [9.17, 15) is 10.1 Å². The van der Waals surface area contributed by atoms with Crippen molar-refractivity contribution in [2.45, 2.75) is 6.61 Å². The summed E-state index contributed by atoms with van der Waals surface area (Å²) in [5.74, 6) is -0.0990. The van der Waals surface area contributed by atoms with Gasteiger partial charge in [0.1, 0.15) is 12.8 Å². The molecule has 3 aromatic rings. The van der Waals surface area contributed by atoms with Crippen LogP contribution in [0.5, 0.6) is 5.75 Å². The lowest BCUT2D eigenvalue weighted by molar-refractivity contribution is -0.390. The molecule has 5 nitrogen and oxygen atoms in total. The van der Waals surface area contributed by atoms with Gasteiger partial charge in [-0.1, -0.05) is 54.6 Å². The zero-order valence-electron chi connectivity index (χ0n) is 12.3. The summed E-state index contributed by atoms with van der Waals surface area (Å²) in [4.78, 5) is 14.1. The van der Waals surface area contributed by atoms with Gasteiger partial charge in [-0.15, -0.1) is 0 Å². The molecule has 0 atom stereocenters. The van der Waals surface area contributed by atoms with E-state index in [0.717, 1.165) is 16.7 Å². The SMILES string of the molecule is O=[N+]([O-])c1ncccc1OCc1ccc(-c2ccccc2)cc1. The number of benzene rings is 2. The molecular weight excluding hydrogens is 292 g/mol. The van der Waals surface area contributed by atoms with Crippen LogP contribution < -0.4 is 4.74 Å². The zero-order chi connectivity index (χ0) is 16.1. The van der Waals surface area contributed by atoms with Crippen LogP contribution >= 0.6 is 0 Å². The molecule has 1 aromatic heterocycles. The van der Waals surface area contributed by atoms with Gasteiger partial charge in [-0.25, -0.2) is 0 Å². The van der Waals surface area contributed by atoms with E-state index < -0.39 is 4.92 Å². The third-order valence-corrected chi connectivity index (χ3v) is 3.38. The Hall–Kier alpha value is -3.21. The molecule has 0 aliphatic rings. The van der Waals surface area contributed by atoms with Crippen LogP contribution in [0, 0.1) is 10.1 Å². The average molecular weight is 306 g/mol. The summed E-state index contributed by atoms with van der Waals surface area (Å²) < 4.78 is 5.53. The number of nitro groups is 1. The Bertz CT molecular complexity index is 802. The number of hydrogen-bond donors (Lipinski definition) is 0. The number of aromatic nitrogens is 1. The van der Waals surface area contributed by atoms with Crippen molar-refractivity contribution in [3.8, 4) is 16.9 Å². The van der Waals surface area contributed by atoms with Crippen molar-refractivity contribution in [2.24, 2.45) is 0 Å². The van der Waals surface area contributed by atoms with Crippen LogP contribution in [-0.4, -0.2) is 9.91 Å². The molecule has 0 aliphatic carbocycles. The Labute approximate surface area is 133 Å². The minimum atomic E-state index is -0.548. The summed E-state index contributed by atoms with van der Waals surface area (Å²) >= 11 is 0. The van der Waals surface area contributed by atoms with Crippen LogP contribution in [0.1, 0.15) is 5.56 Å². The first-order valence-corrected chi connectivity index (χ1v) is 7.10. The molecule has 2 aromatic carbocycles. The van der Waals surface area contributed by atoms with Crippen LogP contribution in [0.2, 0.25) is 0 Å².